The first kappa shape index (κ1) is 52.1. The minimum Gasteiger partial charge on any atom is -0.398 e. The van der Waals surface area contributed by atoms with Gasteiger partial charge in [0.1, 0.15) is 0 Å². The molecule has 0 fully saturated rings. The maximum absolute atomic E-state index is 7.23. The Morgan fingerprint density at radius 1 is 0.167 bits per heavy atom. The molecular formula is C78H60N6. The highest BCUT2D eigenvalue weighted by atomic mass is 15.2. The molecule has 13 aromatic rings. The van der Waals surface area contributed by atoms with E-state index in [4.69, 9.17) is 17.2 Å². The second-order valence-corrected chi connectivity index (χ2v) is 20.7. The number of nitrogen functional groups attached to an aromatic ring is 3. The average molecular weight is 1080 g/mol. The summed E-state index contributed by atoms with van der Waals surface area (Å²) in [4.78, 5) is 7.17. The van der Waals surface area contributed by atoms with E-state index in [-0.39, 0.29) is 0 Å². The summed E-state index contributed by atoms with van der Waals surface area (Å²) in [5.74, 6) is 0. The van der Waals surface area contributed by atoms with E-state index in [0.717, 1.165) is 118 Å². The fraction of sp³-hybridized carbons (Fsp3) is 0. The molecule has 6 heteroatoms. The van der Waals surface area contributed by atoms with Gasteiger partial charge < -0.3 is 31.9 Å². The normalized spacial score (nSPS) is 11.0. The number of anilines is 12. The lowest BCUT2D eigenvalue weighted by molar-refractivity contribution is 1.22. The molecule has 0 bridgehead atoms. The van der Waals surface area contributed by atoms with Crippen molar-refractivity contribution in [1.29, 1.82) is 0 Å². The second kappa shape index (κ2) is 23.4. The molecule has 6 N–H and O–H groups in total. The van der Waals surface area contributed by atoms with Crippen LogP contribution in [0.5, 0.6) is 0 Å². The van der Waals surface area contributed by atoms with Crippen molar-refractivity contribution < 1.29 is 0 Å². The van der Waals surface area contributed by atoms with E-state index < -0.39 is 0 Å². The van der Waals surface area contributed by atoms with Crippen molar-refractivity contribution in [2.75, 3.05) is 31.9 Å². The second-order valence-electron chi connectivity index (χ2n) is 20.7. The van der Waals surface area contributed by atoms with Gasteiger partial charge in [-0.25, -0.2) is 0 Å². The van der Waals surface area contributed by atoms with Crippen LogP contribution in [0.4, 0.5) is 68.2 Å². The molecule has 0 aliphatic carbocycles. The monoisotopic (exact) mass is 1080 g/mol. The lowest BCUT2D eigenvalue weighted by atomic mass is 9.90. The van der Waals surface area contributed by atoms with E-state index in [1.165, 1.54) is 0 Å². The first-order chi connectivity index (χ1) is 41.5. The van der Waals surface area contributed by atoms with Crippen molar-refractivity contribution in [1.82, 2.24) is 0 Å². The SMILES string of the molecule is Nc1ccc(N(c2ccccc2)c2cc(N(c3ccccc3)c3ccc(N)c(-c4ccccc4)c3-c3ccccc3)cc(N(c3ccccc3)c3ccc(N)c(-c4ccccc4)c3-c3ccccc3)c2)c(-c2ccccc2)c1-c1ccccc1. The number of nitrogens with two attached hydrogens (primary N) is 3. The molecule has 0 unspecified atom stereocenters. The number of nitrogens with zero attached hydrogens (tertiary/aromatic N) is 3. The Morgan fingerprint density at radius 3 is 0.548 bits per heavy atom. The Kier molecular flexibility index (Phi) is 14.5. The zero-order valence-corrected chi connectivity index (χ0v) is 46.3. The van der Waals surface area contributed by atoms with Gasteiger partial charge in [-0.2, -0.15) is 0 Å². The number of para-hydroxylation sites is 3. The quantitative estimate of drug-likeness (QED) is 0.0887. The molecule has 0 atom stereocenters. The molecular weight excluding hydrogens is 1020 g/mol. The number of benzene rings is 13. The predicted octanol–water partition coefficient (Wildman–Crippen LogP) is 20.8. The van der Waals surface area contributed by atoms with E-state index in [1.54, 1.807) is 0 Å². The van der Waals surface area contributed by atoms with E-state index >= 15 is 0 Å². The molecule has 0 saturated carbocycles. The molecule has 0 radical (unpaired) electrons. The van der Waals surface area contributed by atoms with Crippen LogP contribution in [-0.4, -0.2) is 0 Å². The van der Waals surface area contributed by atoms with Crippen molar-refractivity contribution in [2.45, 2.75) is 0 Å². The lowest BCUT2D eigenvalue weighted by Gasteiger charge is -2.35. The summed E-state index contributed by atoms with van der Waals surface area (Å²) >= 11 is 0. The topological polar surface area (TPSA) is 87.8 Å². The Hall–Kier alpha value is -11.3. The summed E-state index contributed by atoms with van der Waals surface area (Å²) < 4.78 is 0. The Labute approximate surface area is 491 Å². The van der Waals surface area contributed by atoms with Gasteiger partial charge >= 0.3 is 0 Å². The number of rotatable bonds is 15. The smallest absolute Gasteiger partial charge is 0.0547 e. The zero-order chi connectivity index (χ0) is 56.8. The van der Waals surface area contributed by atoms with E-state index in [2.05, 4.69) is 324 Å². The Balaban J connectivity index is 1.19. The molecule has 13 rings (SSSR count). The van der Waals surface area contributed by atoms with Gasteiger partial charge in [-0.3, -0.25) is 0 Å². The molecule has 402 valence electrons. The van der Waals surface area contributed by atoms with Crippen molar-refractivity contribution in [3.8, 4) is 66.8 Å². The van der Waals surface area contributed by atoms with Gasteiger partial charge in [0.15, 0.2) is 0 Å². The van der Waals surface area contributed by atoms with E-state index in [1.807, 2.05) is 18.2 Å². The van der Waals surface area contributed by atoms with Crippen LogP contribution in [-0.2, 0) is 0 Å². The largest absolute Gasteiger partial charge is 0.398 e. The van der Waals surface area contributed by atoms with Gasteiger partial charge in [-0.1, -0.05) is 237 Å². The lowest BCUT2D eigenvalue weighted by Crippen LogP contribution is -2.18. The van der Waals surface area contributed by atoms with Crippen LogP contribution < -0.4 is 31.9 Å². The maximum atomic E-state index is 7.23. The minimum absolute atomic E-state index is 0.675. The molecule has 0 amide bonds. The summed E-state index contributed by atoms with van der Waals surface area (Å²) in [6, 6.07) is 115. The van der Waals surface area contributed by atoms with Gasteiger partial charge in [0, 0.05) is 67.5 Å². The molecule has 0 saturated heterocycles. The van der Waals surface area contributed by atoms with Crippen molar-refractivity contribution >= 4 is 68.2 Å². The number of hydrogen-bond donors (Lipinski definition) is 3. The van der Waals surface area contributed by atoms with Crippen LogP contribution in [0.3, 0.4) is 0 Å². The van der Waals surface area contributed by atoms with Crippen LogP contribution >= 0.6 is 0 Å². The molecule has 6 nitrogen and oxygen atoms in total. The first-order valence-electron chi connectivity index (χ1n) is 28.3. The average Bonchev–Trinajstić information content (AvgIpc) is 2.26. The number of hydrogen-bond acceptors (Lipinski definition) is 6. The molecule has 0 aromatic heterocycles. The third-order valence-corrected chi connectivity index (χ3v) is 15.4. The molecule has 0 aliphatic rings. The summed E-state index contributed by atoms with van der Waals surface area (Å²) in [6.45, 7) is 0. The maximum Gasteiger partial charge on any atom is 0.0547 e. The van der Waals surface area contributed by atoms with Crippen molar-refractivity contribution in [2.24, 2.45) is 0 Å². The first-order valence-corrected chi connectivity index (χ1v) is 28.3. The van der Waals surface area contributed by atoms with Crippen LogP contribution in [0.25, 0.3) is 66.8 Å². The van der Waals surface area contributed by atoms with E-state index in [9.17, 15) is 0 Å². The van der Waals surface area contributed by atoms with Crippen molar-refractivity contribution in [3.63, 3.8) is 0 Å². The van der Waals surface area contributed by atoms with Crippen LogP contribution in [0.15, 0.2) is 328 Å². The van der Waals surface area contributed by atoms with Crippen LogP contribution in [0.1, 0.15) is 0 Å². The predicted molar refractivity (Wildman–Crippen MR) is 356 cm³/mol. The summed E-state index contributed by atoms with van der Waals surface area (Å²) in [6.07, 6.45) is 0. The highest BCUT2D eigenvalue weighted by Gasteiger charge is 2.30. The molecule has 84 heavy (non-hydrogen) atoms. The van der Waals surface area contributed by atoms with Gasteiger partial charge in [0.25, 0.3) is 0 Å². The van der Waals surface area contributed by atoms with Crippen molar-refractivity contribution in [3.05, 3.63) is 328 Å². The molecule has 13 aromatic carbocycles. The highest BCUT2D eigenvalue weighted by molar-refractivity contribution is 6.06. The van der Waals surface area contributed by atoms with Gasteiger partial charge in [-0.05, 0) is 124 Å². The van der Waals surface area contributed by atoms with Gasteiger partial charge in [-0.15, -0.1) is 0 Å². The third-order valence-electron chi connectivity index (χ3n) is 15.4. The highest BCUT2D eigenvalue weighted by Crippen LogP contribution is 2.54. The summed E-state index contributed by atoms with van der Waals surface area (Å²) in [5.41, 5.74) is 44.0. The Bertz CT molecular complexity index is 3900. The summed E-state index contributed by atoms with van der Waals surface area (Å²) in [7, 11) is 0. The Morgan fingerprint density at radius 2 is 0.345 bits per heavy atom. The van der Waals surface area contributed by atoms with E-state index in [0.29, 0.717) is 17.1 Å². The summed E-state index contributed by atoms with van der Waals surface area (Å²) in [5, 5.41) is 0. The molecule has 0 spiro atoms. The van der Waals surface area contributed by atoms with Gasteiger partial charge in [0.2, 0.25) is 0 Å². The standard InChI is InChI=1S/C78H60N6/c79-67-46-49-70(76(58-34-16-4-17-35-58)73(67)55-28-10-1-11-29-55)82(61-40-22-7-23-41-61)64-52-65(83(62-42-24-8-25-43-62)71-50-47-68(80)74(56-30-12-2-13-31-56)77(71)59-36-18-5-19-37-59)54-66(53-64)84(63-44-26-9-27-45-63)72-51-48-69(81)75(57-32-14-3-15-33-57)78(72)60-38-20-6-21-39-60/h1-54H,79-81H2. The molecule has 0 heterocycles. The fourth-order valence-electron chi connectivity index (χ4n) is 11.8. The van der Waals surface area contributed by atoms with Crippen LogP contribution in [0.2, 0.25) is 0 Å². The van der Waals surface area contributed by atoms with Gasteiger partial charge in [0.05, 0.1) is 34.1 Å². The fourth-order valence-corrected chi connectivity index (χ4v) is 11.8. The molecule has 0 aliphatic heterocycles. The minimum atomic E-state index is 0.675. The third kappa shape index (κ3) is 10.2. The zero-order valence-electron chi connectivity index (χ0n) is 46.3. The van der Waals surface area contributed by atoms with Crippen LogP contribution in [0, 0.1) is 0 Å².